The van der Waals surface area contributed by atoms with E-state index in [1.54, 1.807) is 13.0 Å². The van der Waals surface area contributed by atoms with Crippen molar-refractivity contribution in [1.82, 2.24) is 10.2 Å². The minimum atomic E-state index is -1.30. The first kappa shape index (κ1) is 27.6. The third-order valence-electron chi connectivity index (χ3n) is 8.67. The lowest BCUT2D eigenvalue weighted by molar-refractivity contribution is -0.160. The highest BCUT2D eigenvalue weighted by molar-refractivity contribution is 6.09. The number of piperidine rings is 1. The molecule has 2 atom stereocenters. The Morgan fingerprint density at radius 3 is 2.41 bits per heavy atom. The second-order valence-corrected chi connectivity index (χ2v) is 10.7. The van der Waals surface area contributed by atoms with Crippen LogP contribution in [0, 0.1) is 17.6 Å². The van der Waals surface area contributed by atoms with Gasteiger partial charge < -0.3 is 29.7 Å². The zero-order chi connectivity index (χ0) is 27.7. The molecule has 1 amide bonds. The predicted molar refractivity (Wildman–Crippen MR) is 146 cm³/mol. The van der Waals surface area contributed by atoms with Gasteiger partial charge in [-0.15, -0.1) is 0 Å². The number of hydrogen-bond acceptors (Lipinski definition) is 7. The number of rotatable bonds is 8. The Morgan fingerprint density at radius 1 is 1.05 bits per heavy atom. The van der Waals surface area contributed by atoms with Crippen molar-refractivity contribution in [3.8, 4) is 11.5 Å². The van der Waals surface area contributed by atoms with Gasteiger partial charge in [-0.1, -0.05) is 13.0 Å². The van der Waals surface area contributed by atoms with E-state index in [4.69, 9.17) is 9.47 Å². The molecule has 39 heavy (non-hydrogen) atoms. The largest absolute Gasteiger partial charge is 0.503 e. The maximum atomic E-state index is 15.8. The summed E-state index contributed by atoms with van der Waals surface area (Å²) < 4.78 is 41.5. The van der Waals surface area contributed by atoms with Crippen LogP contribution in [0.4, 0.5) is 20.2 Å². The van der Waals surface area contributed by atoms with Gasteiger partial charge in [0.25, 0.3) is 5.91 Å². The molecule has 2 aromatic rings. The molecule has 212 valence electrons. The predicted octanol–water partition coefficient (Wildman–Crippen LogP) is 3.68. The van der Waals surface area contributed by atoms with Gasteiger partial charge in [-0.05, 0) is 43.4 Å². The van der Waals surface area contributed by atoms with Gasteiger partial charge in [0, 0.05) is 64.6 Å². The fraction of sp³-hybridized carbons (Fsp3) is 0.552. The van der Waals surface area contributed by atoms with E-state index in [1.165, 1.54) is 37.3 Å². The number of carbonyl (C=O) groups excluding carboxylic acids is 1. The number of halogens is 2. The number of β-lactam (4-membered cyclic amide) rings is 1. The summed E-state index contributed by atoms with van der Waals surface area (Å²) in [6.45, 7) is 8.58. The van der Waals surface area contributed by atoms with E-state index < -0.39 is 34.9 Å². The van der Waals surface area contributed by atoms with Crippen LogP contribution in [0.2, 0.25) is 0 Å². The van der Waals surface area contributed by atoms with Crippen molar-refractivity contribution < 1.29 is 28.2 Å². The third-order valence-corrected chi connectivity index (χ3v) is 8.67. The first-order valence-corrected chi connectivity index (χ1v) is 13.8. The highest BCUT2D eigenvalue weighted by atomic mass is 19.1. The molecule has 3 fully saturated rings. The number of carbonyl (C=O) groups is 1. The Kier molecular flexibility index (Phi) is 7.98. The smallest absolute Gasteiger partial charge is 0.262 e. The van der Waals surface area contributed by atoms with Crippen molar-refractivity contribution in [3.63, 3.8) is 0 Å². The molecule has 0 radical (unpaired) electrons. The molecule has 3 heterocycles. The Hall–Kier alpha value is -2.95. The number of amides is 1. The number of nitrogens with one attached hydrogen (secondary N) is 1. The molecule has 0 unspecified atom stereocenters. The van der Waals surface area contributed by atoms with Crippen molar-refractivity contribution >= 4 is 17.3 Å². The van der Waals surface area contributed by atoms with Crippen LogP contribution in [0.1, 0.15) is 37.8 Å². The molecule has 0 aliphatic carbocycles. The molecule has 3 aliphatic heterocycles. The minimum absolute atomic E-state index is 0.00391. The van der Waals surface area contributed by atoms with Gasteiger partial charge in [0.15, 0.2) is 17.2 Å². The fourth-order valence-electron chi connectivity index (χ4n) is 6.41. The zero-order valence-corrected chi connectivity index (χ0v) is 22.9. The summed E-state index contributed by atoms with van der Waals surface area (Å²) in [5.74, 6) is -1.35. The average molecular weight is 545 g/mol. The normalized spacial score (nSPS) is 24.6. The number of methoxy groups -OCH3 is 2. The molecule has 0 aromatic heterocycles. The van der Waals surface area contributed by atoms with E-state index in [9.17, 15) is 14.3 Å². The summed E-state index contributed by atoms with van der Waals surface area (Å²) in [6, 6.07) is 6.24. The van der Waals surface area contributed by atoms with Crippen LogP contribution in [0.25, 0.3) is 0 Å². The summed E-state index contributed by atoms with van der Waals surface area (Å²) in [6.07, 6.45) is 2.27. The lowest BCUT2D eigenvalue weighted by Gasteiger charge is -2.55. The van der Waals surface area contributed by atoms with E-state index in [0.29, 0.717) is 29.3 Å². The molecule has 2 N–H and O–H groups in total. The average Bonchev–Trinajstić information content (AvgIpc) is 2.95. The van der Waals surface area contributed by atoms with E-state index in [2.05, 4.69) is 15.1 Å². The Balaban J connectivity index is 1.42. The number of phenols is 1. The number of hydrogen-bond donors (Lipinski definition) is 2. The molecule has 5 rings (SSSR count). The summed E-state index contributed by atoms with van der Waals surface area (Å²) in [4.78, 5) is 19.2. The number of aromatic hydroxyl groups is 1. The highest BCUT2D eigenvalue weighted by Crippen LogP contribution is 2.54. The van der Waals surface area contributed by atoms with Gasteiger partial charge in [-0.25, -0.2) is 8.78 Å². The maximum Gasteiger partial charge on any atom is 0.262 e. The number of nitrogens with zero attached hydrogens (tertiary/aromatic N) is 3. The number of phenolic OH excluding ortho intramolecular Hbond substituents is 1. The summed E-state index contributed by atoms with van der Waals surface area (Å²) in [5.41, 5.74) is -0.437. The monoisotopic (exact) mass is 544 g/mol. The van der Waals surface area contributed by atoms with E-state index in [1.807, 2.05) is 0 Å². The topological polar surface area (TPSA) is 77.5 Å². The minimum Gasteiger partial charge on any atom is -0.503 e. The standard InChI is InChI=1S/C29H38F2N4O4/c1-4-29(39-3)27(35(28(29)37)23-7-5-6-21(30)26(23)36)20-16-22(31)24(17-25(20)38-2)34-12-8-19(9-13-34)18-33-14-10-32-11-15-33/h5-7,16-17,19,27,32,36H,4,8-15,18H2,1-3H3/t27-,29+/m0/s1. The van der Waals surface area contributed by atoms with Crippen molar-refractivity contribution in [2.75, 3.05) is 69.8 Å². The number of piperazine rings is 1. The first-order valence-electron chi connectivity index (χ1n) is 13.8. The molecule has 0 bridgehead atoms. The van der Waals surface area contributed by atoms with Crippen LogP contribution in [-0.2, 0) is 9.53 Å². The van der Waals surface area contributed by atoms with Crippen LogP contribution in [0.3, 0.4) is 0 Å². The van der Waals surface area contributed by atoms with E-state index in [0.717, 1.165) is 64.7 Å². The second-order valence-electron chi connectivity index (χ2n) is 10.7. The summed E-state index contributed by atoms with van der Waals surface area (Å²) in [7, 11) is 2.93. The maximum absolute atomic E-state index is 15.8. The van der Waals surface area contributed by atoms with Crippen molar-refractivity contribution in [2.45, 2.75) is 37.8 Å². The van der Waals surface area contributed by atoms with Crippen molar-refractivity contribution in [1.29, 1.82) is 0 Å². The van der Waals surface area contributed by atoms with Gasteiger partial charge >= 0.3 is 0 Å². The number of ether oxygens (including phenoxy) is 2. The summed E-state index contributed by atoms with van der Waals surface area (Å²) in [5, 5.41) is 13.8. The van der Waals surface area contributed by atoms with Gasteiger partial charge in [-0.3, -0.25) is 9.69 Å². The molecule has 10 heteroatoms. The quantitative estimate of drug-likeness (QED) is 0.491. The van der Waals surface area contributed by atoms with Crippen LogP contribution >= 0.6 is 0 Å². The van der Waals surface area contributed by atoms with Crippen molar-refractivity contribution in [3.05, 3.63) is 47.5 Å². The molecule has 8 nitrogen and oxygen atoms in total. The molecule has 3 saturated heterocycles. The molecule has 2 aromatic carbocycles. The third kappa shape index (κ3) is 4.83. The van der Waals surface area contributed by atoms with Gasteiger partial charge in [0.2, 0.25) is 0 Å². The highest BCUT2D eigenvalue weighted by Gasteiger charge is 2.63. The van der Waals surface area contributed by atoms with Crippen LogP contribution < -0.4 is 19.9 Å². The molecule has 0 saturated carbocycles. The molecular formula is C29H38F2N4O4. The van der Waals surface area contributed by atoms with Crippen LogP contribution in [-0.4, -0.2) is 81.5 Å². The Bertz CT molecular complexity index is 1190. The summed E-state index contributed by atoms with van der Waals surface area (Å²) >= 11 is 0. The molecule has 0 spiro atoms. The van der Waals surface area contributed by atoms with Crippen LogP contribution in [0.5, 0.6) is 11.5 Å². The van der Waals surface area contributed by atoms with E-state index in [-0.39, 0.29) is 5.69 Å². The number of anilines is 2. The number of para-hydroxylation sites is 1. The molecule has 3 aliphatic rings. The fourth-order valence-corrected chi connectivity index (χ4v) is 6.41. The second kappa shape index (κ2) is 11.3. The lowest BCUT2D eigenvalue weighted by atomic mass is 9.75. The van der Waals surface area contributed by atoms with Gasteiger partial charge in [0.1, 0.15) is 17.6 Å². The Morgan fingerprint density at radius 2 is 1.77 bits per heavy atom. The zero-order valence-electron chi connectivity index (χ0n) is 22.9. The first-order chi connectivity index (χ1) is 18.8. The Labute approximate surface area is 228 Å². The lowest BCUT2D eigenvalue weighted by Crippen LogP contribution is -2.69. The SMILES string of the molecule is CC[C@]1(OC)C(=O)N(c2cccc(F)c2O)[C@H]1c1cc(F)c(N2CCC(CN3CCNCC3)CC2)cc1OC. The molecular weight excluding hydrogens is 506 g/mol. The van der Waals surface area contributed by atoms with Crippen molar-refractivity contribution in [2.24, 2.45) is 5.92 Å². The van der Waals surface area contributed by atoms with E-state index >= 15 is 4.39 Å². The van der Waals surface area contributed by atoms with Gasteiger partial charge in [-0.2, -0.15) is 0 Å². The number of benzene rings is 2. The van der Waals surface area contributed by atoms with Gasteiger partial charge in [0.05, 0.1) is 18.5 Å². The van der Waals surface area contributed by atoms with Crippen LogP contribution in [0.15, 0.2) is 30.3 Å².